The second-order valence-electron chi connectivity index (χ2n) is 16.0. The first kappa shape index (κ1) is 35.8. The molecule has 0 heterocycles. The summed E-state index contributed by atoms with van der Waals surface area (Å²) in [6.07, 6.45) is 5.41. The Kier molecular flexibility index (Phi) is 9.75. The number of hydrogen-bond donors (Lipinski definition) is 3. The number of amides is 1. The molecule has 0 spiro atoms. The summed E-state index contributed by atoms with van der Waals surface area (Å²) in [5.41, 5.74) is -3.86. The number of carbonyl (C=O) groups excluding carboxylic acids is 5. The number of Topliss-reactive ketones (excluding diaryl/α,β-unsaturated/α-hetero) is 1. The van der Waals surface area contributed by atoms with Gasteiger partial charge in [0, 0.05) is 23.2 Å². The number of aliphatic hydroxyl groups excluding tert-OH is 1. The second kappa shape index (κ2) is 12.5. The maximum Gasteiger partial charge on any atom is 0.408 e. The van der Waals surface area contributed by atoms with Crippen molar-refractivity contribution >= 4 is 29.6 Å². The van der Waals surface area contributed by atoms with Crippen LogP contribution in [-0.2, 0) is 33.4 Å². The third kappa shape index (κ3) is 7.10. The smallest absolute Gasteiger partial charge is 0.408 e. The zero-order valence-corrected chi connectivity index (χ0v) is 28.4. The highest BCUT2D eigenvalue weighted by Gasteiger charge is 2.68. The fourth-order valence-corrected chi connectivity index (χ4v) is 8.50. The lowest BCUT2D eigenvalue weighted by atomic mass is 9.46. The van der Waals surface area contributed by atoms with Crippen LogP contribution in [0.2, 0.25) is 0 Å². The quantitative estimate of drug-likeness (QED) is 0.258. The van der Waals surface area contributed by atoms with Gasteiger partial charge in [0.2, 0.25) is 5.78 Å². The standard InChI is InChI=1S/C35H51NO10/c1-31(2,3)45-27(40)12-11-24(36-30(42)46-32(4,5)6)29(41)44-19-26(39)35(43)16-14-23-22-10-9-20-17-21(37)13-15-33(20,7)28(22)25(38)18-34(23,35)8/h13,15,17,22-25,28,38,43H,9-12,14,16,18-19H2,1-8H3,(H,36,42)/t22-,23-,24+,25-,28+,33-,34-,35-/m0/s1. The normalized spacial score (nSPS) is 34.3. The topological polar surface area (TPSA) is 166 Å². The Morgan fingerprint density at radius 3 is 2.33 bits per heavy atom. The van der Waals surface area contributed by atoms with Crippen molar-refractivity contribution in [1.82, 2.24) is 5.32 Å². The average molecular weight is 646 g/mol. The Balaban J connectivity index is 1.46. The van der Waals surface area contributed by atoms with E-state index in [-0.39, 0.29) is 49.2 Å². The SMILES string of the molecule is CC(C)(C)OC(=O)CC[C@@H](NC(=O)OC(C)(C)C)C(=O)OCC(=O)[C@@]1(O)CC[C@H]2[C@@H]3CCC4=CC(=O)C=C[C@]4(C)[C@H]3[C@@H](O)C[C@@]21C. The van der Waals surface area contributed by atoms with E-state index in [2.05, 4.69) is 12.2 Å². The molecule has 0 aliphatic heterocycles. The van der Waals surface area contributed by atoms with Crippen molar-refractivity contribution in [2.75, 3.05) is 6.61 Å². The van der Waals surface area contributed by atoms with E-state index in [0.29, 0.717) is 12.8 Å². The molecule has 256 valence electrons. The highest BCUT2D eigenvalue weighted by atomic mass is 16.6. The van der Waals surface area contributed by atoms with Gasteiger partial charge in [-0.3, -0.25) is 14.4 Å². The molecule has 0 saturated heterocycles. The number of rotatable bonds is 8. The first-order valence-electron chi connectivity index (χ1n) is 16.4. The number of nitrogens with one attached hydrogen (secondary N) is 1. The Bertz CT molecular complexity index is 1320. The van der Waals surface area contributed by atoms with Gasteiger partial charge >= 0.3 is 18.0 Å². The van der Waals surface area contributed by atoms with Gasteiger partial charge in [-0.25, -0.2) is 9.59 Å². The molecule has 11 heteroatoms. The van der Waals surface area contributed by atoms with Gasteiger partial charge in [0.05, 0.1) is 6.10 Å². The van der Waals surface area contributed by atoms with E-state index >= 15 is 0 Å². The number of fused-ring (bicyclic) bond motifs is 5. The molecule has 4 aliphatic rings. The van der Waals surface area contributed by atoms with E-state index in [0.717, 1.165) is 12.0 Å². The minimum Gasteiger partial charge on any atom is -0.460 e. The van der Waals surface area contributed by atoms with Crippen LogP contribution in [0.1, 0.15) is 100 Å². The van der Waals surface area contributed by atoms with E-state index in [1.165, 1.54) is 0 Å². The van der Waals surface area contributed by atoms with Gasteiger partial charge in [-0.15, -0.1) is 0 Å². The molecule has 4 aliphatic carbocycles. The summed E-state index contributed by atoms with van der Waals surface area (Å²) in [6.45, 7) is 13.3. The lowest BCUT2D eigenvalue weighted by Gasteiger charge is -2.59. The number of ketones is 2. The minimum absolute atomic E-state index is 0.0217. The van der Waals surface area contributed by atoms with Crippen LogP contribution in [0.25, 0.3) is 0 Å². The van der Waals surface area contributed by atoms with Crippen LogP contribution in [-0.4, -0.2) is 75.4 Å². The van der Waals surface area contributed by atoms with Crippen molar-refractivity contribution in [3.05, 3.63) is 23.8 Å². The number of aliphatic hydroxyl groups is 2. The molecule has 0 aromatic rings. The number of esters is 2. The fraction of sp³-hybridized carbons (Fsp3) is 0.743. The monoisotopic (exact) mass is 645 g/mol. The predicted octanol–water partition coefficient (Wildman–Crippen LogP) is 4.12. The summed E-state index contributed by atoms with van der Waals surface area (Å²) in [4.78, 5) is 63.9. The zero-order chi connectivity index (χ0) is 34.5. The summed E-state index contributed by atoms with van der Waals surface area (Å²) in [5.74, 6) is -2.45. The van der Waals surface area contributed by atoms with Crippen LogP contribution in [0.3, 0.4) is 0 Å². The molecule has 1 amide bonds. The Morgan fingerprint density at radius 2 is 1.70 bits per heavy atom. The van der Waals surface area contributed by atoms with Crippen molar-refractivity contribution in [3.8, 4) is 0 Å². The van der Waals surface area contributed by atoms with Crippen LogP contribution >= 0.6 is 0 Å². The van der Waals surface area contributed by atoms with Crippen LogP contribution < -0.4 is 5.32 Å². The number of allylic oxidation sites excluding steroid dienone is 4. The first-order chi connectivity index (χ1) is 21.1. The molecule has 0 aromatic carbocycles. The molecule has 0 aromatic heterocycles. The predicted molar refractivity (Wildman–Crippen MR) is 167 cm³/mol. The molecule has 3 fully saturated rings. The Labute approximate surface area is 271 Å². The third-order valence-electron chi connectivity index (χ3n) is 10.5. The molecule has 8 atom stereocenters. The fourth-order valence-electron chi connectivity index (χ4n) is 8.50. The highest BCUT2D eigenvalue weighted by molar-refractivity contribution is 6.01. The number of hydrogen-bond acceptors (Lipinski definition) is 10. The van der Waals surface area contributed by atoms with Gasteiger partial charge in [-0.2, -0.15) is 0 Å². The first-order valence-corrected chi connectivity index (χ1v) is 16.4. The second-order valence-corrected chi connectivity index (χ2v) is 16.0. The average Bonchev–Trinajstić information content (AvgIpc) is 3.18. The van der Waals surface area contributed by atoms with Crippen molar-refractivity contribution < 1.29 is 48.4 Å². The van der Waals surface area contributed by atoms with Gasteiger partial charge in [0.15, 0.2) is 12.4 Å². The van der Waals surface area contributed by atoms with E-state index in [9.17, 15) is 34.2 Å². The van der Waals surface area contributed by atoms with E-state index < -0.39 is 70.2 Å². The lowest BCUT2D eigenvalue weighted by molar-refractivity contribution is -0.181. The van der Waals surface area contributed by atoms with Gasteiger partial charge in [-0.05, 0) is 104 Å². The van der Waals surface area contributed by atoms with Gasteiger partial charge in [0.1, 0.15) is 22.8 Å². The molecule has 46 heavy (non-hydrogen) atoms. The molecule has 0 radical (unpaired) electrons. The summed E-state index contributed by atoms with van der Waals surface area (Å²) < 4.78 is 16.0. The van der Waals surface area contributed by atoms with E-state index in [1.54, 1.807) is 53.7 Å². The molecular weight excluding hydrogens is 594 g/mol. The van der Waals surface area contributed by atoms with Gasteiger partial charge < -0.3 is 29.7 Å². The highest BCUT2D eigenvalue weighted by Crippen LogP contribution is 2.67. The molecular formula is C35H51NO10. The maximum absolute atomic E-state index is 13.7. The van der Waals surface area contributed by atoms with Crippen LogP contribution in [0.5, 0.6) is 0 Å². The van der Waals surface area contributed by atoms with Gasteiger partial charge in [0.25, 0.3) is 0 Å². The zero-order valence-electron chi connectivity index (χ0n) is 28.4. The van der Waals surface area contributed by atoms with Crippen LogP contribution in [0, 0.1) is 28.6 Å². The Morgan fingerprint density at radius 1 is 1.04 bits per heavy atom. The maximum atomic E-state index is 13.7. The number of alkyl carbamates (subject to hydrolysis) is 1. The van der Waals surface area contributed by atoms with Crippen molar-refractivity contribution in [2.45, 2.75) is 129 Å². The van der Waals surface area contributed by atoms with E-state index in [4.69, 9.17) is 14.2 Å². The van der Waals surface area contributed by atoms with Crippen molar-refractivity contribution in [2.24, 2.45) is 28.6 Å². The number of ether oxygens (including phenoxy) is 3. The summed E-state index contributed by atoms with van der Waals surface area (Å²) in [6, 6.07) is -1.31. The lowest BCUT2D eigenvalue weighted by Crippen LogP contribution is -2.61. The van der Waals surface area contributed by atoms with Gasteiger partial charge in [-0.1, -0.05) is 25.5 Å². The molecule has 11 nitrogen and oxygen atoms in total. The summed E-state index contributed by atoms with van der Waals surface area (Å²) in [5, 5.41) is 26.0. The molecule has 0 bridgehead atoms. The van der Waals surface area contributed by atoms with Crippen LogP contribution in [0.4, 0.5) is 4.79 Å². The molecule has 4 rings (SSSR count). The van der Waals surface area contributed by atoms with Crippen molar-refractivity contribution in [1.29, 1.82) is 0 Å². The largest absolute Gasteiger partial charge is 0.460 e. The molecule has 3 saturated carbocycles. The van der Waals surface area contributed by atoms with Crippen LogP contribution in [0.15, 0.2) is 23.8 Å². The minimum atomic E-state index is -1.84. The summed E-state index contributed by atoms with van der Waals surface area (Å²) >= 11 is 0. The Hall–Kier alpha value is -3.05. The third-order valence-corrected chi connectivity index (χ3v) is 10.5. The number of carbonyl (C=O) groups is 5. The van der Waals surface area contributed by atoms with Crippen molar-refractivity contribution in [3.63, 3.8) is 0 Å². The molecule has 0 unspecified atom stereocenters. The molecule has 3 N–H and O–H groups in total. The summed E-state index contributed by atoms with van der Waals surface area (Å²) in [7, 11) is 0. The van der Waals surface area contributed by atoms with E-state index in [1.807, 2.05) is 13.0 Å².